The van der Waals surface area contributed by atoms with Gasteiger partial charge in [0.2, 0.25) is 11.0 Å². The van der Waals surface area contributed by atoms with Gasteiger partial charge in [0, 0.05) is 52.0 Å². The Bertz CT molecular complexity index is 1080. The van der Waals surface area contributed by atoms with Crippen LogP contribution in [0.4, 0.5) is 0 Å². The maximum Gasteiger partial charge on any atom is 0.225 e. The van der Waals surface area contributed by atoms with Crippen molar-refractivity contribution in [3.8, 4) is 23.7 Å². The molecule has 2 aromatic heterocycles. The SMILES string of the molecule is COCCc1sc[n+](CCC#Cc2ccc(C#CCC[n+]3csc(CCOC)c3C)cc2)c1C. The molecule has 0 amide bonds. The predicted octanol–water partition coefficient (Wildman–Crippen LogP) is 4.26. The van der Waals surface area contributed by atoms with E-state index >= 15 is 0 Å². The van der Waals surface area contributed by atoms with E-state index in [-0.39, 0.29) is 0 Å². The zero-order chi connectivity index (χ0) is 24.2. The molecule has 3 aromatic rings. The van der Waals surface area contributed by atoms with E-state index in [2.05, 4.69) is 81.9 Å². The van der Waals surface area contributed by atoms with Crippen LogP contribution in [0, 0.1) is 37.5 Å². The van der Waals surface area contributed by atoms with Crippen molar-refractivity contribution in [2.24, 2.45) is 0 Å². The van der Waals surface area contributed by atoms with Gasteiger partial charge in [-0.15, -0.1) is 0 Å². The summed E-state index contributed by atoms with van der Waals surface area (Å²) in [4.78, 5) is 2.78. The Balaban J connectivity index is 1.45. The molecule has 0 radical (unpaired) electrons. The Kier molecular flexibility index (Phi) is 10.8. The molecule has 1 aromatic carbocycles. The molecule has 6 heteroatoms. The summed E-state index contributed by atoms with van der Waals surface area (Å²) < 4.78 is 15.0. The number of benzene rings is 1. The Morgan fingerprint density at radius 2 is 1.12 bits per heavy atom. The average molecular weight is 495 g/mol. The standard InChI is InChI=1S/C28H34N2O2S2/c1-23-27(15-19-31-3)33-21-29(23)17-7-5-9-25-11-13-26(14-12-25)10-6-8-18-30-22-34-28(24(30)2)16-20-32-4/h11-14,21-22H,7-8,15-20H2,1-4H3/q+2. The fraction of sp³-hybridized carbons (Fsp3) is 0.429. The fourth-order valence-electron chi connectivity index (χ4n) is 3.53. The van der Waals surface area contributed by atoms with Crippen LogP contribution in [0.1, 0.15) is 45.1 Å². The van der Waals surface area contributed by atoms with Crippen molar-refractivity contribution in [3.63, 3.8) is 0 Å². The van der Waals surface area contributed by atoms with Gasteiger partial charge in [-0.05, 0) is 24.3 Å². The second kappa shape index (κ2) is 14.0. The van der Waals surface area contributed by atoms with Gasteiger partial charge < -0.3 is 9.47 Å². The van der Waals surface area contributed by atoms with Gasteiger partial charge in [0.15, 0.2) is 24.5 Å². The summed E-state index contributed by atoms with van der Waals surface area (Å²) in [7, 11) is 3.50. The van der Waals surface area contributed by atoms with Crippen LogP contribution in [0.2, 0.25) is 0 Å². The highest BCUT2D eigenvalue weighted by molar-refractivity contribution is 7.09. The molecule has 178 valence electrons. The minimum Gasteiger partial charge on any atom is -0.384 e. The third-order valence-corrected chi connectivity index (χ3v) is 7.97. The monoisotopic (exact) mass is 494 g/mol. The normalized spacial score (nSPS) is 10.5. The van der Waals surface area contributed by atoms with Gasteiger partial charge in [0.1, 0.15) is 0 Å². The third-order valence-electron chi connectivity index (χ3n) is 5.69. The van der Waals surface area contributed by atoms with Crippen molar-refractivity contribution >= 4 is 22.7 Å². The van der Waals surface area contributed by atoms with E-state index < -0.39 is 0 Å². The van der Waals surface area contributed by atoms with E-state index in [9.17, 15) is 0 Å². The second-order valence-corrected chi connectivity index (χ2v) is 9.90. The zero-order valence-electron chi connectivity index (χ0n) is 20.6. The number of ether oxygens (including phenoxy) is 2. The van der Waals surface area contributed by atoms with Crippen molar-refractivity contribution in [3.05, 3.63) is 67.6 Å². The Morgan fingerprint density at radius 3 is 1.50 bits per heavy atom. The molecule has 0 atom stereocenters. The van der Waals surface area contributed by atoms with Crippen molar-refractivity contribution in [2.45, 2.75) is 52.6 Å². The lowest BCUT2D eigenvalue weighted by atomic mass is 10.1. The molecule has 0 aliphatic heterocycles. The summed E-state index contributed by atoms with van der Waals surface area (Å²) in [6, 6.07) is 8.23. The van der Waals surface area contributed by atoms with Gasteiger partial charge in [-0.3, -0.25) is 0 Å². The first-order chi connectivity index (χ1) is 16.6. The van der Waals surface area contributed by atoms with E-state index in [1.165, 1.54) is 21.1 Å². The van der Waals surface area contributed by atoms with Gasteiger partial charge in [0.05, 0.1) is 35.8 Å². The van der Waals surface area contributed by atoms with Crippen molar-refractivity contribution < 1.29 is 18.6 Å². The van der Waals surface area contributed by atoms with Crippen LogP contribution in [0.3, 0.4) is 0 Å². The topological polar surface area (TPSA) is 26.2 Å². The number of thiazole rings is 2. The highest BCUT2D eigenvalue weighted by Crippen LogP contribution is 2.12. The first kappa shape index (κ1) is 26.1. The Morgan fingerprint density at radius 1 is 0.706 bits per heavy atom. The van der Waals surface area contributed by atoms with E-state index in [4.69, 9.17) is 9.47 Å². The van der Waals surface area contributed by atoms with Crippen LogP contribution in [-0.2, 0) is 35.4 Å². The van der Waals surface area contributed by atoms with Crippen LogP contribution in [0.25, 0.3) is 0 Å². The molecule has 3 rings (SSSR count). The van der Waals surface area contributed by atoms with Gasteiger partial charge >= 0.3 is 0 Å². The lowest BCUT2D eigenvalue weighted by molar-refractivity contribution is -0.697. The van der Waals surface area contributed by atoms with Crippen LogP contribution in [-0.4, -0.2) is 27.4 Å². The highest BCUT2D eigenvalue weighted by Gasteiger charge is 2.14. The number of methoxy groups -OCH3 is 2. The zero-order valence-corrected chi connectivity index (χ0v) is 22.3. The lowest BCUT2D eigenvalue weighted by Crippen LogP contribution is -2.34. The maximum absolute atomic E-state index is 5.19. The molecule has 0 saturated carbocycles. The molecule has 0 bridgehead atoms. The van der Waals surface area contributed by atoms with Crippen LogP contribution in [0.15, 0.2) is 35.3 Å². The average Bonchev–Trinajstić information content (AvgIpc) is 3.39. The van der Waals surface area contributed by atoms with Crippen molar-refractivity contribution in [1.82, 2.24) is 0 Å². The largest absolute Gasteiger partial charge is 0.384 e. The second-order valence-electron chi connectivity index (χ2n) is 8.02. The van der Waals surface area contributed by atoms with E-state index in [0.717, 1.165) is 63.1 Å². The summed E-state index contributed by atoms with van der Waals surface area (Å²) in [5, 5.41) is 0. The third kappa shape index (κ3) is 7.79. The van der Waals surface area contributed by atoms with Crippen LogP contribution in [0.5, 0.6) is 0 Å². The van der Waals surface area contributed by atoms with E-state index in [1.54, 1.807) is 36.9 Å². The minimum atomic E-state index is 0.769. The molecule has 0 fully saturated rings. The molecular formula is C28H34N2O2S2+2. The van der Waals surface area contributed by atoms with E-state index in [1.807, 2.05) is 0 Å². The molecule has 0 N–H and O–H groups in total. The predicted molar refractivity (Wildman–Crippen MR) is 139 cm³/mol. The summed E-state index contributed by atoms with van der Waals surface area (Å²) >= 11 is 3.60. The molecule has 0 unspecified atom stereocenters. The number of hydrogen-bond acceptors (Lipinski definition) is 4. The Labute approximate surface area is 212 Å². The summed E-state index contributed by atoms with van der Waals surface area (Å²) in [5.41, 5.74) is 9.09. The molecule has 0 saturated heterocycles. The number of aryl methyl sites for hydroxylation is 2. The highest BCUT2D eigenvalue weighted by atomic mass is 32.1. The fourth-order valence-corrected chi connectivity index (χ4v) is 5.55. The number of nitrogens with zero attached hydrogens (tertiary/aromatic N) is 2. The van der Waals surface area contributed by atoms with Gasteiger partial charge in [-0.2, -0.15) is 9.13 Å². The van der Waals surface area contributed by atoms with Crippen LogP contribution < -0.4 is 9.13 Å². The van der Waals surface area contributed by atoms with Crippen molar-refractivity contribution in [2.75, 3.05) is 27.4 Å². The first-order valence-corrected chi connectivity index (χ1v) is 13.4. The summed E-state index contributed by atoms with van der Waals surface area (Å²) in [6.07, 6.45) is 3.62. The van der Waals surface area contributed by atoms with Gasteiger partial charge in [-0.1, -0.05) is 46.4 Å². The van der Waals surface area contributed by atoms with Gasteiger partial charge in [-0.25, -0.2) is 0 Å². The molecule has 0 aliphatic carbocycles. The smallest absolute Gasteiger partial charge is 0.225 e. The number of hydrogen-bond donors (Lipinski definition) is 0. The van der Waals surface area contributed by atoms with Gasteiger partial charge in [0.25, 0.3) is 0 Å². The molecular weight excluding hydrogens is 460 g/mol. The summed E-state index contributed by atoms with van der Waals surface area (Å²) in [5.74, 6) is 13.2. The molecule has 4 nitrogen and oxygen atoms in total. The molecule has 0 spiro atoms. The van der Waals surface area contributed by atoms with E-state index in [0.29, 0.717) is 0 Å². The minimum absolute atomic E-state index is 0.769. The summed E-state index contributed by atoms with van der Waals surface area (Å²) in [6.45, 7) is 7.73. The lowest BCUT2D eigenvalue weighted by Gasteiger charge is -1.96. The first-order valence-electron chi connectivity index (χ1n) is 11.6. The number of aromatic nitrogens is 2. The Hall–Kier alpha value is -2.48. The van der Waals surface area contributed by atoms with Crippen LogP contribution >= 0.6 is 22.7 Å². The quantitative estimate of drug-likeness (QED) is 0.311. The maximum atomic E-state index is 5.19. The van der Waals surface area contributed by atoms with Crippen molar-refractivity contribution in [1.29, 1.82) is 0 Å². The molecule has 34 heavy (non-hydrogen) atoms. The molecule has 0 aliphatic rings. The number of rotatable bonds is 10. The molecule has 2 heterocycles.